The molecule has 2 amide bonds. The molecule has 0 bridgehead atoms. The Morgan fingerprint density at radius 1 is 0.889 bits per heavy atom. The van der Waals surface area contributed by atoms with Crippen LogP contribution >= 0.6 is 23.2 Å². The maximum Gasteiger partial charge on any atom is 0.323 e. The Bertz CT molecular complexity index is 1550. The molecule has 0 radical (unpaired) electrons. The second-order valence-electron chi connectivity index (χ2n) is 7.77. The van der Waals surface area contributed by atoms with Crippen molar-refractivity contribution < 1.29 is 9.18 Å². The third kappa shape index (κ3) is 4.79. The molecule has 2 aromatic heterocycles. The van der Waals surface area contributed by atoms with Gasteiger partial charge in [0.2, 0.25) is 0 Å². The van der Waals surface area contributed by atoms with Gasteiger partial charge in [0.25, 0.3) is 0 Å². The molecular weight excluding hydrogens is 504 g/mol. The van der Waals surface area contributed by atoms with Gasteiger partial charge in [-0.05, 0) is 67.6 Å². The lowest BCUT2D eigenvalue weighted by Crippen LogP contribution is -2.19. The van der Waals surface area contributed by atoms with E-state index in [1.54, 1.807) is 59.3 Å². The number of urea groups is 1. The van der Waals surface area contributed by atoms with E-state index in [4.69, 9.17) is 23.2 Å². The Labute approximate surface area is 215 Å². The highest BCUT2D eigenvalue weighted by Crippen LogP contribution is 2.30. The van der Waals surface area contributed by atoms with Gasteiger partial charge in [-0.2, -0.15) is 5.10 Å². The number of rotatable bonds is 5. The van der Waals surface area contributed by atoms with E-state index >= 15 is 0 Å². The molecule has 0 aliphatic rings. The zero-order chi connectivity index (χ0) is 25.2. The highest BCUT2D eigenvalue weighted by molar-refractivity contribution is 6.39. The number of para-hydroxylation sites is 1. The lowest BCUT2D eigenvalue weighted by atomic mass is 10.2. The van der Waals surface area contributed by atoms with Crippen LogP contribution in [0.1, 0.15) is 5.69 Å². The number of amides is 2. The maximum absolute atomic E-state index is 13.4. The maximum atomic E-state index is 13.4. The molecule has 0 atom stereocenters. The number of nitrogens with zero attached hydrogens (tertiary/aromatic N) is 4. The van der Waals surface area contributed by atoms with Gasteiger partial charge in [0.15, 0.2) is 5.65 Å². The van der Waals surface area contributed by atoms with Crippen molar-refractivity contribution in [1.82, 2.24) is 19.7 Å². The first kappa shape index (κ1) is 23.5. The summed E-state index contributed by atoms with van der Waals surface area (Å²) in [5.74, 6) is 0.240. The van der Waals surface area contributed by atoms with Gasteiger partial charge < -0.3 is 16.0 Å². The first-order valence-corrected chi connectivity index (χ1v) is 11.5. The average Bonchev–Trinajstić information content (AvgIpc) is 3.20. The third-order valence-corrected chi connectivity index (χ3v) is 5.95. The molecule has 3 N–H and O–H groups in total. The number of benzene rings is 3. The molecule has 0 unspecified atom stereocenters. The zero-order valence-corrected chi connectivity index (χ0v) is 20.3. The van der Waals surface area contributed by atoms with Gasteiger partial charge in [-0.15, -0.1) is 0 Å². The average molecular weight is 522 g/mol. The summed E-state index contributed by atoms with van der Waals surface area (Å²) >= 11 is 12.2. The molecule has 0 aliphatic heterocycles. The van der Waals surface area contributed by atoms with Crippen LogP contribution in [-0.2, 0) is 0 Å². The Balaban J connectivity index is 1.33. The molecule has 180 valence electrons. The minimum atomic E-state index is -0.480. The van der Waals surface area contributed by atoms with Crippen molar-refractivity contribution in [2.45, 2.75) is 6.92 Å². The largest absolute Gasteiger partial charge is 0.340 e. The Hall–Kier alpha value is -4.21. The van der Waals surface area contributed by atoms with Gasteiger partial charge in [-0.25, -0.2) is 23.8 Å². The standard InChI is InChI=1S/C25H18Cl2FN7O/c1-14-21-23(29-13-30-24(21)35(34-14)18-11-5-15(28)6-12-18)31-16-7-9-17(10-8-16)32-25(36)33-22-19(26)3-2-4-20(22)27/h2-13H,1H3,(H,29,30,31)(H2,32,33,36). The number of carbonyl (C=O) groups is 1. The molecule has 0 saturated heterocycles. The Kier molecular flexibility index (Phi) is 6.41. The normalized spacial score (nSPS) is 10.9. The topological polar surface area (TPSA) is 96.8 Å². The number of aryl methyl sites for hydroxylation is 1. The molecule has 0 aliphatic carbocycles. The van der Waals surface area contributed by atoms with Crippen LogP contribution in [0.3, 0.4) is 0 Å². The van der Waals surface area contributed by atoms with E-state index in [9.17, 15) is 9.18 Å². The second-order valence-corrected chi connectivity index (χ2v) is 8.59. The predicted molar refractivity (Wildman–Crippen MR) is 140 cm³/mol. The lowest BCUT2D eigenvalue weighted by molar-refractivity contribution is 0.262. The van der Waals surface area contributed by atoms with Crippen molar-refractivity contribution >= 4 is 63.1 Å². The SMILES string of the molecule is Cc1nn(-c2ccc(F)cc2)c2ncnc(Nc3ccc(NC(=O)Nc4c(Cl)cccc4Cl)cc3)c12. The molecule has 5 rings (SSSR count). The van der Waals surface area contributed by atoms with Crippen LogP contribution in [0, 0.1) is 12.7 Å². The van der Waals surface area contributed by atoms with Gasteiger partial charge in [0.05, 0.1) is 32.5 Å². The van der Waals surface area contributed by atoms with Crippen LogP contribution in [0.25, 0.3) is 16.7 Å². The lowest BCUT2D eigenvalue weighted by Gasteiger charge is -2.11. The van der Waals surface area contributed by atoms with Crippen molar-refractivity contribution in [3.05, 3.63) is 94.6 Å². The molecule has 5 aromatic rings. The summed E-state index contributed by atoms with van der Waals surface area (Å²) in [5, 5.41) is 14.6. The highest BCUT2D eigenvalue weighted by Gasteiger charge is 2.16. The number of anilines is 4. The summed E-state index contributed by atoms with van der Waals surface area (Å²) < 4.78 is 15.0. The molecule has 3 aromatic carbocycles. The van der Waals surface area contributed by atoms with Crippen LogP contribution < -0.4 is 16.0 Å². The highest BCUT2D eigenvalue weighted by atomic mass is 35.5. The van der Waals surface area contributed by atoms with E-state index in [1.165, 1.54) is 18.5 Å². The number of carbonyl (C=O) groups excluding carboxylic acids is 1. The van der Waals surface area contributed by atoms with Crippen molar-refractivity contribution in [2.24, 2.45) is 0 Å². The van der Waals surface area contributed by atoms with Gasteiger partial charge in [0.1, 0.15) is 18.0 Å². The van der Waals surface area contributed by atoms with E-state index in [0.717, 1.165) is 11.1 Å². The van der Waals surface area contributed by atoms with Crippen LogP contribution in [-0.4, -0.2) is 25.8 Å². The van der Waals surface area contributed by atoms with Gasteiger partial charge in [-0.1, -0.05) is 29.3 Å². The quantitative estimate of drug-likeness (QED) is 0.232. The van der Waals surface area contributed by atoms with E-state index < -0.39 is 6.03 Å². The smallest absolute Gasteiger partial charge is 0.323 e. The Morgan fingerprint density at radius 3 is 2.25 bits per heavy atom. The van der Waals surface area contributed by atoms with Gasteiger partial charge in [-0.3, -0.25) is 0 Å². The van der Waals surface area contributed by atoms with E-state index in [2.05, 4.69) is 31.0 Å². The monoisotopic (exact) mass is 521 g/mol. The van der Waals surface area contributed by atoms with Crippen molar-refractivity contribution in [2.75, 3.05) is 16.0 Å². The molecule has 0 saturated carbocycles. The number of nitrogens with one attached hydrogen (secondary N) is 3. The summed E-state index contributed by atoms with van der Waals surface area (Å²) in [6.45, 7) is 1.85. The van der Waals surface area contributed by atoms with E-state index in [0.29, 0.717) is 44.3 Å². The minimum Gasteiger partial charge on any atom is -0.340 e. The molecule has 0 fully saturated rings. The van der Waals surface area contributed by atoms with Crippen LogP contribution in [0.2, 0.25) is 10.0 Å². The van der Waals surface area contributed by atoms with Crippen LogP contribution in [0.5, 0.6) is 0 Å². The fourth-order valence-electron chi connectivity index (χ4n) is 3.64. The first-order chi connectivity index (χ1) is 17.4. The number of hydrogen-bond acceptors (Lipinski definition) is 5. The molecule has 0 spiro atoms. The minimum absolute atomic E-state index is 0.327. The number of fused-ring (bicyclic) bond motifs is 1. The summed E-state index contributed by atoms with van der Waals surface area (Å²) in [4.78, 5) is 21.1. The third-order valence-electron chi connectivity index (χ3n) is 5.32. The number of hydrogen-bond donors (Lipinski definition) is 3. The van der Waals surface area contributed by atoms with Crippen LogP contribution in [0.4, 0.5) is 32.1 Å². The fraction of sp³-hybridized carbons (Fsp3) is 0.0400. The summed E-state index contributed by atoms with van der Waals surface area (Å²) in [7, 11) is 0. The fourth-order valence-corrected chi connectivity index (χ4v) is 4.13. The molecule has 36 heavy (non-hydrogen) atoms. The first-order valence-electron chi connectivity index (χ1n) is 10.7. The van der Waals surface area contributed by atoms with Crippen molar-refractivity contribution in [3.63, 3.8) is 0 Å². The molecule has 8 nitrogen and oxygen atoms in total. The zero-order valence-electron chi connectivity index (χ0n) is 18.8. The van der Waals surface area contributed by atoms with E-state index in [1.807, 2.05) is 6.92 Å². The van der Waals surface area contributed by atoms with Crippen molar-refractivity contribution in [3.8, 4) is 5.69 Å². The summed E-state index contributed by atoms with van der Waals surface area (Å²) in [6, 6.07) is 17.6. The Morgan fingerprint density at radius 2 is 1.56 bits per heavy atom. The molecule has 11 heteroatoms. The predicted octanol–water partition coefficient (Wildman–Crippen LogP) is 6.96. The van der Waals surface area contributed by atoms with Crippen LogP contribution in [0.15, 0.2) is 73.1 Å². The number of aromatic nitrogens is 4. The van der Waals surface area contributed by atoms with Gasteiger partial charge in [0, 0.05) is 11.4 Å². The van der Waals surface area contributed by atoms with Gasteiger partial charge >= 0.3 is 6.03 Å². The van der Waals surface area contributed by atoms with Crippen molar-refractivity contribution in [1.29, 1.82) is 0 Å². The summed E-state index contributed by atoms with van der Waals surface area (Å²) in [6.07, 6.45) is 1.44. The molecular formula is C25H18Cl2FN7O. The second kappa shape index (κ2) is 9.80. The molecule has 2 heterocycles. The van der Waals surface area contributed by atoms with E-state index in [-0.39, 0.29) is 5.82 Å². The summed E-state index contributed by atoms with van der Waals surface area (Å²) in [5.41, 5.74) is 3.63. The number of halogens is 3.